The maximum absolute atomic E-state index is 12.8. The number of aliphatic hydroxyl groups excluding tert-OH is 1. The molecule has 1 aromatic rings. The maximum Gasteiger partial charge on any atom is 0.168 e. The number of nitrogens with zero attached hydrogens (tertiary/aromatic N) is 1. The molecule has 1 aliphatic carbocycles. The minimum absolute atomic E-state index is 0.00405. The lowest BCUT2D eigenvalue weighted by atomic mass is 9.73. The zero-order valence-electron chi connectivity index (χ0n) is 15.6. The van der Waals surface area contributed by atoms with Crippen molar-refractivity contribution in [1.82, 2.24) is 0 Å². The quantitative estimate of drug-likeness (QED) is 0.818. The Morgan fingerprint density at radius 2 is 1.62 bits per heavy atom. The third kappa shape index (κ3) is 2.92. The van der Waals surface area contributed by atoms with E-state index in [9.17, 15) is 9.90 Å². The van der Waals surface area contributed by atoms with Crippen molar-refractivity contribution in [1.29, 1.82) is 0 Å². The second kappa shape index (κ2) is 5.30. The number of hydrogen-bond donors (Lipinski definition) is 1. The molecule has 0 atom stereocenters. The summed E-state index contributed by atoms with van der Waals surface area (Å²) < 4.78 is 0. The fourth-order valence-electron chi connectivity index (χ4n) is 3.86. The molecule has 3 nitrogen and oxygen atoms in total. The summed E-state index contributed by atoms with van der Waals surface area (Å²) in [6.07, 6.45) is 1.82. The van der Waals surface area contributed by atoms with Crippen LogP contribution in [0.15, 0.2) is 28.5 Å². The average molecular weight is 325 g/mol. The Labute approximate surface area is 144 Å². The van der Waals surface area contributed by atoms with E-state index < -0.39 is 0 Å². The molecule has 1 aliphatic heterocycles. The monoisotopic (exact) mass is 325 g/mol. The second-order valence-corrected chi connectivity index (χ2v) is 8.81. The summed E-state index contributed by atoms with van der Waals surface area (Å²) in [6, 6.07) is 4.32. The van der Waals surface area contributed by atoms with E-state index in [2.05, 4.69) is 39.8 Å². The number of carbonyl (C=O) groups is 1. The van der Waals surface area contributed by atoms with E-state index in [1.54, 1.807) is 0 Å². The molecule has 0 saturated heterocycles. The predicted octanol–water partition coefficient (Wildman–Crippen LogP) is 4.63. The Morgan fingerprint density at radius 1 is 1.00 bits per heavy atom. The normalized spacial score (nSPS) is 22.2. The number of benzene rings is 1. The molecule has 0 spiro atoms. The van der Waals surface area contributed by atoms with Crippen molar-refractivity contribution in [3.8, 4) is 0 Å². The van der Waals surface area contributed by atoms with E-state index >= 15 is 0 Å². The van der Waals surface area contributed by atoms with Crippen LogP contribution in [0, 0.1) is 19.3 Å². The van der Waals surface area contributed by atoms with E-state index in [0.717, 1.165) is 12.0 Å². The summed E-state index contributed by atoms with van der Waals surface area (Å²) in [6.45, 7) is 12.4. The summed E-state index contributed by atoms with van der Waals surface area (Å²) in [5.41, 5.74) is 5.31. The number of carbonyl (C=O) groups excluding carboxylic acids is 1. The Bertz CT molecular complexity index is 794. The zero-order chi connectivity index (χ0) is 17.9. The van der Waals surface area contributed by atoms with Gasteiger partial charge in [-0.3, -0.25) is 9.79 Å². The molecule has 2 aliphatic rings. The van der Waals surface area contributed by atoms with Crippen molar-refractivity contribution in [2.45, 2.75) is 66.3 Å². The van der Waals surface area contributed by atoms with E-state index in [4.69, 9.17) is 4.99 Å². The van der Waals surface area contributed by atoms with Crippen molar-refractivity contribution in [3.63, 3.8) is 0 Å². The van der Waals surface area contributed by atoms with Crippen LogP contribution in [-0.4, -0.2) is 22.1 Å². The molecule has 24 heavy (non-hydrogen) atoms. The van der Waals surface area contributed by atoms with Gasteiger partial charge in [-0.15, -0.1) is 0 Å². The van der Waals surface area contributed by atoms with Gasteiger partial charge in [-0.2, -0.15) is 0 Å². The smallest absolute Gasteiger partial charge is 0.168 e. The molecule has 3 heteroatoms. The molecule has 0 radical (unpaired) electrons. The van der Waals surface area contributed by atoms with Crippen LogP contribution in [0.4, 0.5) is 0 Å². The first-order valence-corrected chi connectivity index (χ1v) is 8.65. The van der Waals surface area contributed by atoms with Gasteiger partial charge in [0, 0.05) is 18.4 Å². The van der Waals surface area contributed by atoms with Gasteiger partial charge in [-0.25, -0.2) is 0 Å². The number of aryl methyl sites for hydroxylation is 2. The van der Waals surface area contributed by atoms with Gasteiger partial charge >= 0.3 is 0 Å². The van der Waals surface area contributed by atoms with E-state index in [-0.39, 0.29) is 22.5 Å². The number of ketones is 1. The summed E-state index contributed by atoms with van der Waals surface area (Å²) in [5, 5.41) is 10.6. The molecule has 0 unspecified atom stereocenters. The predicted molar refractivity (Wildman–Crippen MR) is 97.9 cm³/mol. The van der Waals surface area contributed by atoms with Crippen molar-refractivity contribution >= 4 is 11.5 Å². The number of aliphatic hydroxyl groups is 1. The Balaban J connectivity index is 2.22. The molecule has 3 rings (SSSR count). The lowest BCUT2D eigenvalue weighted by Gasteiger charge is -2.34. The van der Waals surface area contributed by atoms with Crippen LogP contribution in [0.5, 0.6) is 0 Å². The Morgan fingerprint density at radius 3 is 2.25 bits per heavy atom. The number of hydrogen-bond acceptors (Lipinski definition) is 3. The Kier molecular flexibility index (Phi) is 3.74. The highest BCUT2D eigenvalue weighted by Gasteiger charge is 2.38. The van der Waals surface area contributed by atoms with Crippen LogP contribution >= 0.6 is 0 Å². The molecule has 0 aromatic heterocycles. The number of allylic oxidation sites excluding steroid dienone is 2. The van der Waals surface area contributed by atoms with Crippen LogP contribution in [0.25, 0.3) is 0 Å². The molecule has 1 heterocycles. The summed E-state index contributed by atoms with van der Waals surface area (Å²) >= 11 is 0. The van der Waals surface area contributed by atoms with E-state index in [1.165, 1.54) is 16.7 Å². The molecule has 1 N–H and O–H groups in total. The van der Waals surface area contributed by atoms with Gasteiger partial charge in [-0.05, 0) is 62.3 Å². The molecule has 0 amide bonds. The molecule has 0 saturated carbocycles. The molecule has 0 bridgehead atoms. The van der Waals surface area contributed by atoms with Crippen molar-refractivity contribution in [2.24, 2.45) is 10.4 Å². The first kappa shape index (κ1) is 16.9. The lowest BCUT2D eigenvalue weighted by molar-refractivity contribution is -0.117. The highest BCUT2D eigenvalue weighted by atomic mass is 16.3. The Hall–Kier alpha value is -1.90. The van der Waals surface area contributed by atoms with Crippen LogP contribution in [0.2, 0.25) is 0 Å². The standard InChI is InChI=1S/C21H27NO2/c1-12-7-14-9-21(5,6)22-19(15(14)8-13(12)2)18-16(23)10-20(3,4)11-17(18)24/h7-8,23H,9-11H2,1-6H3. The van der Waals surface area contributed by atoms with Gasteiger partial charge < -0.3 is 5.11 Å². The SMILES string of the molecule is Cc1cc2c(cc1C)C(C1=C(O)CC(C)(C)CC1=O)=NC(C)(C)C2. The number of rotatable bonds is 1. The zero-order valence-corrected chi connectivity index (χ0v) is 15.6. The topological polar surface area (TPSA) is 49.7 Å². The summed E-state index contributed by atoms with van der Waals surface area (Å²) in [5.74, 6) is 0.196. The highest BCUT2D eigenvalue weighted by Crippen LogP contribution is 2.39. The van der Waals surface area contributed by atoms with E-state index in [1.807, 2.05) is 13.8 Å². The summed E-state index contributed by atoms with van der Waals surface area (Å²) in [7, 11) is 0. The first-order chi connectivity index (χ1) is 11.0. The first-order valence-electron chi connectivity index (χ1n) is 8.65. The van der Waals surface area contributed by atoms with Gasteiger partial charge in [0.15, 0.2) is 5.78 Å². The minimum Gasteiger partial charge on any atom is -0.511 e. The van der Waals surface area contributed by atoms with Crippen molar-refractivity contribution < 1.29 is 9.90 Å². The number of aliphatic imine (C=N–C) groups is 1. The average Bonchev–Trinajstić information content (AvgIpc) is 2.37. The third-order valence-corrected chi connectivity index (χ3v) is 5.10. The minimum atomic E-state index is -0.273. The fourth-order valence-corrected chi connectivity index (χ4v) is 3.86. The largest absolute Gasteiger partial charge is 0.511 e. The van der Waals surface area contributed by atoms with Crippen LogP contribution in [0.1, 0.15) is 62.8 Å². The molecule has 1 aromatic carbocycles. The van der Waals surface area contributed by atoms with Crippen LogP contribution < -0.4 is 0 Å². The fraction of sp³-hybridized carbons (Fsp3) is 0.524. The summed E-state index contributed by atoms with van der Waals surface area (Å²) in [4.78, 5) is 17.7. The highest BCUT2D eigenvalue weighted by molar-refractivity contribution is 6.30. The van der Waals surface area contributed by atoms with Gasteiger partial charge in [0.2, 0.25) is 0 Å². The molecule has 128 valence electrons. The molecular weight excluding hydrogens is 298 g/mol. The third-order valence-electron chi connectivity index (χ3n) is 5.10. The lowest BCUT2D eigenvalue weighted by Crippen LogP contribution is -2.35. The van der Waals surface area contributed by atoms with Crippen molar-refractivity contribution in [2.75, 3.05) is 0 Å². The number of fused-ring (bicyclic) bond motifs is 1. The van der Waals surface area contributed by atoms with Gasteiger partial charge in [-0.1, -0.05) is 19.9 Å². The van der Waals surface area contributed by atoms with E-state index in [0.29, 0.717) is 24.1 Å². The molecule has 0 fully saturated rings. The van der Waals surface area contributed by atoms with Crippen LogP contribution in [-0.2, 0) is 11.2 Å². The number of Topliss-reactive ketones (excluding diaryl/α,β-unsaturated/α-hetero) is 1. The van der Waals surface area contributed by atoms with Crippen molar-refractivity contribution in [3.05, 3.63) is 45.7 Å². The van der Waals surface area contributed by atoms with Gasteiger partial charge in [0.05, 0.1) is 16.8 Å². The van der Waals surface area contributed by atoms with Gasteiger partial charge in [0.1, 0.15) is 5.76 Å². The molecular formula is C21H27NO2. The van der Waals surface area contributed by atoms with Gasteiger partial charge in [0.25, 0.3) is 0 Å². The second-order valence-electron chi connectivity index (χ2n) is 8.81. The maximum atomic E-state index is 12.8. The van der Waals surface area contributed by atoms with Crippen LogP contribution in [0.3, 0.4) is 0 Å².